The molecule has 4 aliphatic carbocycles. The number of likely N-dealkylation sites (N-methyl/N-ethyl adjacent to an activating group) is 1. The number of ketones is 2. The van der Waals surface area contributed by atoms with E-state index >= 15 is 0 Å². The molecule has 1 aromatic carbocycles. The number of aromatic hydroxyl groups is 1. The minimum absolute atomic E-state index is 0.110. The second-order valence-electron chi connectivity index (χ2n) is 12.6. The number of alkyl halides is 3. The summed E-state index contributed by atoms with van der Waals surface area (Å²) >= 11 is 0. The third-order valence-electron chi connectivity index (χ3n) is 9.57. The summed E-state index contributed by atoms with van der Waals surface area (Å²) in [7, 11) is 4.61. The highest BCUT2D eigenvalue weighted by atomic mass is 19.4. The number of carbonyl (C=O) groups excluding carboxylic acids is 3. The Labute approximate surface area is 246 Å². The van der Waals surface area contributed by atoms with E-state index in [-0.39, 0.29) is 24.1 Å². The highest BCUT2D eigenvalue weighted by molar-refractivity contribution is 6.24. The van der Waals surface area contributed by atoms with E-state index in [2.05, 4.69) is 0 Å². The normalized spacial score (nSPS) is 28.1. The Morgan fingerprint density at radius 2 is 1.74 bits per heavy atom. The van der Waals surface area contributed by atoms with Crippen molar-refractivity contribution < 1.29 is 48.0 Å². The van der Waals surface area contributed by atoms with Gasteiger partial charge in [0.15, 0.2) is 11.4 Å². The van der Waals surface area contributed by atoms with Crippen molar-refractivity contribution in [3.63, 3.8) is 0 Å². The van der Waals surface area contributed by atoms with Gasteiger partial charge in [-0.05, 0) is 75.9 Å². The van der Waals surface area contributed by atoms with Crippen LogP contribution in [-0.2, 0) is 33.5 Å². The van der Waals surface area contributed by atoms with Crippen LogP contribution in [0.5, 0.6) is 5.75 Å². The number of nitrogens with two attached hydrogens (primary N) is 1. The van der Waals surface area contributed by atoms with Crippen molar-refractivity contribution >= 4 is 23.2 Å². The van der Waals surface area contributed by atoms with Crippen LogP contribution >= 0.6 is 0 Å². The molecule has 43 heavy (non-hydrogen) atoms. The molecule has 13 heteroatoms. The minimum atomic E-state index is -4.87. The molecule has 0 heterocycles. The van der Waals surface area contributed by atoms with Gasteiger partial charge in [0.1, 0.15) is 22.8 Å². The first kappa shape index (κ1) is 31.0. The van der Waals surface area contributed by atoms with E-state index in [4.69, 9.17) is 5.73 Å². The highest BCUT2D eigenvalue weighted by Gasteiger charge is 2.64. The predicted octanol–water partition coefficient (Wildman–Crippen LogP) is 2.60. The summed E-state index contributed by atoms with van der Waals surface area (Å²) in [6, 6.07) is -0.387. The summed E-state index contributed by atoms with van der Waals surface area (Å²) in [5, 5.41) is 44.8. The van der Waals surface area contributed by atoms with Crippen LogP contribution in [-0.4, -0.2) is 87.0 Å². The number of Topliss-reactive ketones (excluding diaryl/α,β-unsaturated/α-hetero) is 2. The molecule has 0 radical (unpaired) electrons. The number of halogens is 3. The summed E-state index contributed by atoms with van der Waals surface area (Å²) < 4.78 is 44.2. The fraction of sp³-hybridized carbons (Fsp3) is 0.567. The number of hydrogen-bond donors (Lipinski definition) is 5. The lowest BCUT2D eigenvalue weighted by Crippen LogP contribution is -2.65. The van der Waals surface area contributed by atoms with Crippen LogP contribution in [0.4, 0.5) is 13.2 Å². The first-order valence-corrected chi connectivity index (χ1v) is 14.3. The van der Waals surface area contributed by atoms with Gasteiger partial charge >= 0.3 is 6.18 Å². The van der Waals surface area contributed by atoms with Crippen molar-refractivity contribution in [3.8, 4) is 5.75 Å². The summed E-state index contributed by atoms with van der Waals surface area (Å²) in [5.41, 5.74) is -1.17. The molecular formula is C30H36F3N3O7. The highest BCUT2D eigenvalue weighted by Crippen LogP contribution is 2.54. The Morgan fingerprint density at radius 1 is 1.12 bits per heavy atom. The van der Waals surface area contributed by atoms with Gasteiger partial charge in [-0.2, -0.15) is 13.2 Å². The van der Waals surface area contributed by atoms with Gasteiger partial charge in [0, 0.05) is 24.6 Å². The number of phenols is 1. The van der Waals surface area contributed by atoms with Crippen LogP contribution < -0.4 is 5.73 Å². The largest absolute Gasteiger partial charge is 0.508 e. The zero-order valence-corrected chi connectivity index (χ0v) is 24.2. The van der Waals surface area contributed by atoms with Gasteiger partial charge in [-0.25, -0.2) is 0 Å². The Kier molecular flexibility index (Phi) is 7.67. The molecule has 234 valence electrons. The van der Waals surface area contributed by atoms with Crippen LogP contribution in [0.2, 0.25) is 0 Å². The van der Waals surface area contributed by atoms with Gasteiger partial charge in [-0.15, -0.1) is 0 Å². The molecule has 4 atom stereocenters. The summed E-state index contributed by atoms with van der Waals surface area (Å²) in [4.78, 5) is 42.3. The molecular weight excluding hydrogens is 571 g/mol. The standard InChI is InChI=1S/C30H36F3N3O7/c1-35(2)23-17-9-14-8-16-20(24(38)19(14)26(40)29(17,43)27(41)21(25(23)39)28(34)42)18(37)10-15(22(16)30(31,32)33)12-36(3)11-13-6-4-5-7-13/h10,13-14,17,23,37-38,41,43H,4-9,11-12H2,1-3H3,(H2,34,42)/t14-,17-,23-,29-/m0/s1. The Balaban J connectivity index is 1.65. The van der Waals surface area contributed by atoms with Crippen molar-refractivity contribution in [1.29, 1.82) is 0 Å². The molecule has 2 fully saturated rings. The lowest BCUT2D eigenvalue weighted by Gasteiger charge is -2.50. The average Bonchev–Trinajstić information content (AvgIpc) is 3.37. The van der Waals surface area contributed by atoms with Gasteiger partial charge in [-0.1, -0.05) is 12.8 Å². The molecule has 0 saturated heterocycles. The number of hydrogen-bond acceptors (Lipinski definition) is 9. The molecule has 4 aliphatic rings. The number of rotatable bonds is 6. The maximum atomic E-state index is 14.7. The van der Waals surface area contributed by atoms with E-state index in [1.165, 1.54) is 19.0 Å². The van der Waals surface area contributed by atoms with E-state index in [9.17, 15) is 48.0 Å². The van der Waals surface area contributed by atoms with Crippen molar-refractivity contribution in [2.24, 2.45) is 23.5 Å². The fourth-order valence-electron chi connectivity index (χ4n) is 7.85. The van der Waals surface area contributed by atoms with Crippen molar-refractivity contribution in [2.45, 2.75) is 62.9 Å². The number of phenolic OH excluding ortho intramolecular Hbond substituents is 1. The molecule has 1 amide bonds. The van der Waals surface area contributed by atoms with Gasteiger partial charge in [-0.3, -0.25) is 19.3 Å². The number of nitrogens with zero attached hydrogens (tertiary/aromatic N) is 2. The number of carbonyl (C=O) groups is 3. The maximum Gasteiger partial charge on any atom is 0.417 e. The van der Waals surface area contributed by atoms with Crippen LogP contribution in [0, 0.1) is 17.8 Å². The summed E-state index contributed by atoms with van der Waals surface area (Å²) in [6.45, 7) is 0.480. The Bertz CT molecular complexity index is 1460. The molecule has 1 aromatic rings. The molecule has 5 rings (SSSR count). The SMILES string of the molecule is CN(Cc1cc(O)c2c(c1C(F)(F)F)C[C@H]1C[C@H]3[C@H](N(C)C)C(=O)C(C(N)=O)=C(O)[C@@]3(O)C(=O)C1=C2O)CC1CCCC1. The quantitative estimate of drug-likeness (QED) is 0.306. The van der Waals surface area contributed by atoms with E-state index in [0.717, 1.165) is 31.7 Å². The number of benzene rings is 1. The second kappa shape index (κ2) is 10.6. The Hall–Kier alpha value is -3.42. The molecule has 0 spiro atoms. The second-order valence-corrected chi connectivity index (χ2v) is 12.6. The smallest absolute Gasteiger partial charge is 0.417 e. The number of amides is 1. The number of aliphatic hydroxyl groups is 3. The number of fused-ring (bicyclic) bond motifs is 3. The molecule has 0 aliphatic heterocycles. The average molecular weight is 608 g/mol. The van der Waals surface area contributed by atoms with Crippen LogP contribution in [0.3, 0.4) is 0 Å². The van der Waals surface area contributed by atoms with Crippen LogP contribution in [0.15, 0.2) is 23.0 Å². The molecule has 2 saturated carbocycles. The number of primary amides is 1. The fourth-order valence-corrected chi connectivity index (χ4v) is 7.85. The zero-order valence-electron chi connectivity index (χ0n) is 24.2. The van der Waals surface area contributed by atoms with Gasteiger partial charge in [0.25, 0.3) is 5.91 Å². The monoisotopic (exact) mass is 607 g/mol. The topological polar surface area (TPSA) is 165 Å². The predicted molar refractivity (Wildman–Crippen MR) is 148 cm³/mol. The molecule has 0 aromatic heterocycles. The van der Waals surface area contributed by atoms with Crippen LogP contribution in [0.1, 0.15) is 54.4 Å². The van der Waals surface area contributed by atoms with E-state index in [1.807, 2.05) is 0 Å². The minimum Gasteiger partial charge on any atom is -0.508 e. The van der Waals surface area contributed by atoms with Crippen molar-refractivity contribution in [1.82, 2.24) is 9.80 Å². The third kappa shape index (κ3) is 4.81. The van der Waals surface area contributed by atoms with Crippen molar-refractivity contribution in [3.05, 3.63) is 45.2 Å². The van der Waals surface area contributed by atoms with E-state index in [1.54, 1.807) is 11.9 Å². The lowest BCUT2D eigenvalue weighted by atomic mass is 9.57. The van der Waals surface area contributed by atoms with E-state index in [0.29, 0.717) is 12.5 Å². The first-order valence-electron chi connectivity index (χ1n) is 14.3. The number of aliphatic hydroxyl groups excluding tert-OH is 2. The molecule has 0 bridgehead atoms. The molecule has 6 N–H and O–H groups in total. The van der Waals surface area contributed by atoms with Crippen molar-refractivity contribution in [2.75, 3.05) is 27.7 Å². The third-order valence-corrected chi connectivity index (χ3v) is 9.57. The first-order chi connectivity index (χ1) is 20.0. The summed E-state index contributed by atoms with van der Waals surface area (Å²) in [5.74, 6) is -8.58. The van der Waals surface area contributed by atoms with Gasteiger partial charge in [0.05, 0.1) is 17.2 Å². The van der Waals surface area contributed by atoms with E-state index < -0.39 is 93.1 Å². The molecule has 10 nitrogen and oxygen atoms in total. The van der Waals surface area contributed by atoms with Gasteiger partial charge < -0.3 is 31.1 Å². The van der Waals surface area contributed by atoms with Crippen LogP contribution in [0.25, 0.3) is 5.76 Å². The Morgan fingerprint density at radius 3 is 2.30 bits per heavy atom. The summed E-state index contributed by atoms with van der Waals surface area (Å²) in [6.07, 6.45) is -1.45. The lowest BCUT2D eigenvalue weighted by molar-refractivity contribution is -0.153. The maximum absolute atomic E-state index is 14.7. The van der Waals surface area contributed by atoms with Gasteiger partial charge in [0.2, 0.25) is 5.78 Å². The zero-order chi connectivity index (χ0) is 31.8. The molecule has 0 unspecified atom stereocenters.